The summed E-state index contributed by atoms with van der Waals surface area (Å²) in [5, 5.41) is 0. The molecule has 3 fully saturated rings. The van der Waals surface area contributed by atoms with Crippen LogP contribution in [0.15, 0.2) is 36.4 Å². The molecule has 3 aliphatic rings. The predicted molar refractivity (Wildman–Crippen MR) is 81.2 cm³/mol. The minimum atomic E-state index is 0.305. The first-order chi connectivity index (χ1) is 9.78. The molecule has 0 radical (unpaired) electrons. The molecular formula is C17H22N2O. The van der Waals surface area contributed by atoms with E-state index >= 15 is 0 Å². The van der Waals surface area contributed by atoms with Crippen molar-refractivity contribution in [1.29, 1.82) is 0 Å². The molecule has 4 rings (SSSR count). The smallest absolute Gasteiger partial charge is 0.222 e. The van der Waals surface area contributed by atoms with Crippen molar-refractivity contribution in [2.45, 2.75) is 31.8 Å². The lowest BCUT2D eigenvalue weighted by atomic mass is 9.87. The van der Waals surface area contributed by atoms with Gasteiger partial charge in [-0.15, -0.1) is 0 Å². The summed E-state index contributed by atoms with van der Waals surface area (Å²) in [4.78, 5) is 16.3. The number of hydrogen-bond acceptors (Lipinski definition) is 2. The molecule has 2 unspecified atom stereocenters. The standard InChI is InChI=1S/C17H22N2O/c1-2-17(20)18-12-15-11-16(13-18)19(15)10-6-9-14-7-4-3-5-8-14/h3-9,15-16H,2,10-13H2,1H3/b9-6+. The van der Waals surface area contributed by atoms with Crippen LogP contribution in [0.4, 0.5) is 0 Å². The van der Waals surface area contributed by atoms with Gasteiger partial charge in [-0.25, -0.2) is 0 Å². The number of nitrogens with zero attached hydrogens (tertiary/aromatic N) is 2. The average Bonchev–Trinajstić information content (AvgIpc) is 2.51. The van der Waals surface area contributed by atoms with Gasteiger partial charge in [-0.2, -0.15) is 0 Å². The summed E-state index contributed by atoms with van der Waals surface area (Å²) in [5.74, 6) is 0.305. The summed E-state index contributed by atoms with van der Waals surface area (Å²) >= 11 is 0. The SMILES string of the molecule is CCC(=O)N1CC2CC(C1)N2C/C=C/c1ccccc1. The van der Waals surface area contributed by atoms with E-state index < -0.39 is 0 Å². The first-order valence-corrected chi connectivity index (χ1v) is 7.53. The molecule has 1 aromatic rings. The number of carbonyl (C=O) groups excluding carboxylic acids is 1. The van der Waals surface area contributed by atoms with Gasteiger partial charge in [0.2, 0.25) is 5.91 Å². The van der Waals surface area contributed by atoms with Gasteiger partial charge in [0.15, 0.2) is 0 Å². The molecule has 2 bridgehead atoms. The Bertz CT molecular complexity index is 485. The summed E-state index contributed by atoms with van der Waals surface area (Å²) in [6, 6.07) is 11.5. The Morgan fingerprint density at radius 2 is 1.95 bits per heavy atom. The van der Waals surface area contributed by atoms with Crippen molar-refractivity contribution in [3.05, 3.63) is 42.0 Å². The van der Waals surface area contributed by atoms with Crippen LogP contribution in [0.2, 0.25) is 0 Å². The van der Waals surface area contributed by atoms with Gasteiger partial charge in [0, 0.05) is 38.1 Å². The van der Waals surface area contributed by atoms with Crippen LogP contribution in [0.3, 0.4) is 0 Å². The fraction of sp³-hybridized carbons (Fsp3) is 0.471. The molecular weight excluding hydrogens is 248 g/mol. The highest BCUT2D eigenvalue weighted by Gasteiger charge is 2.44. The molecule has 0 aromatic heterocycles. The second-order valence-corrected chi connectivity index (χ2v) is 5.71. The zero-order chi connectivity index (χ0) is 13.9. The van der Waals surface area contributed by atoms with Crippen LogP contribution in [-0.4, -0.2) is 47.4 Å². The lowest BCUT2D eigenvalue weighted by molar-refractivity contribution is -0.142. The molecule has 2 atom stereocenters. The van der Waals surface area contributed by atoms with Crippen LogP contribution >= 0.6 is 0 Å². The van der Waals surface area contributed by atoms with Gasteiger partial charge in [-0.1, -0.05) is 49.4 Å². The lowest BCUT2D eigenvalue weighted by Crippen LogP contribution is -2.69. The minimum absolute atomic E-state index is 0.305. The van der Waals surface area contributed by atoms with Gasteiger partial charge >= 0.3 is 0 Å². The molecule has 3 aliphatic heterocycles. The molecule has 0 saturated carbocycles. The van der Waals surface area contributed by atoms with Crippen molar-refractivity contribution in [1.82, 2.24) is 9.80 Å². The number of amides is 1. The maximum atomic E-state index is 11.7. The third-order valence-electron chi connectivity index (χ3n) is 4.43. The highest BCUT2D eigenvalue weighted by molar-refractivity contribution is 5.76. The highest BCUT2D eigenvalue weighted by atomic mass is 16.2. The first-order valence-electron chi connectivity index (χ1n) is 7.53. The van der Waals surface area contributed by atoms with Crippen LogP contribution in [-0.2, 0) is 4.79 Å². The Kier molecular flexibility index (Phi) is 3.88. The predicted octanol–water partition coefficient (Wildman–Crippen LogP) is 2.39. The van der Waals surface area contributed by atoms with Crippen molar-refractivity contribution in [3.63, 3.8) is 0 Å². The van der Waals surface area contributed by atoms with Crippen molar-refractivity contribution < 1.29 is 4.79 Å². The van der Waals surface area contributed by atoms with E-state index in [1.54, 1.807) is 0 Å². The van der Waals surface area contributed by atoms with E-state index in [0.717, 1.165) is 19.6 Å². The van der Waals surface area contributed by atoms with E-state index in [0.29, 0.717) is 24.4 Å². The number of rotatable bonds is 4. The maximum Gasteiger partial charge on any atom is 0.222 e. The molecule has 3 heterocycles. The zero-order valence-electron chi connectivity index (χ0n) is 12.0. The van der Waals surface area contributed by atoms with Gasteiger partial charge in [-0.05, 0) is 12.0 Å². The van der Waals surface area contributed by atoms with Crippen molar-refractivity contribution in [2.75, 3.05) is 19.6 Å². The number of fused-ring (bicyclic) bond motifs is 2. The number of piperazine rings is 1. The number of carbonyl (C=O) groups is 1. The molecule has 1 amide bonds. The Morgan fingerprint density at radius 3 is 2.60 bits per heavy atom. The van der Waals surface area contributed by atoms with Gasteiger partial charge in [0.1, 0.15) is 0 Å². The first kappa shape index (κ1) is 13.4. The van der Waals surface area contributed by atoms with Crippen molar-refractivity contribution in [3.8, 4) is 0 Å². The molecule has 1 aromatic carbocycles. The van der Waals surface area contributed by atoms with Crippen LogP contribution < -0.4 is 0 Å². The molecule has 0 N–H and O–H groups in total. The molecule has 3 heteroatoms. The van der Waals surface area contributed by atoms with E-state index in [1.807, 2.05) is 17.9 Å². The molecule has 0 aliphatic carbocycles. The Balaban J connectivity index is 1.52. The van der Waals surface area contributed by atoms with Crippen molar-refractivity contribution in [2.24, 2.45) is 0 Å². The van der Waals surface area contributed by atoms with E-state index in [-0.39, 0.29) is 0 Å². The fourth-order valence-electron chi connectivity index (χ4n) is 3.29. The Labute approximate surface area is 120 Å². The third kappa shape index (κ3) is 2.63. The maximum absolute atomic E-state index is 11.7. The number of hydrogen-bond donors (Lipinski definition) is 0. The summed E-state index contributed by atoms with van der Waals surface area (Å²) in [6.45, 7) is 4.78. The molecule has 0 spiro atoms. The average molecular weight is 270 g/mol. The van der Waals surface area contributed by atoms with Crippen LogP contribution in [0.25, 0.3) is 6.08 Å². The normalized spacial score (nSPS) is 25.8. The monoisotopic (exact) mass is 270 g/mol. The summed E-state index contributed by atoms with van der Waals surface area (Å²) < 4.78 is 0. The molecule has 3 nitrogen and oxygen atoms in total. The Hall–Kier alpha value is -1.61. The largest absolute Gasteiger partial charge is 0.340 e. The topological polar surface area (TPSA) is 23.6 Å². The lowest BCUT2D eigenvalue weighted by Gasteiger charge is -2.56. The van der Waals surface area contributed by atoms with Gasteiger partial charge in [-0.3, -0.25) is 9.69 Å². The molecule has 3 saturated heterocycles. The van der Waals surface area contributed by atoms with E-state index in [1.165, 1.54) is 12.0 Å². The highest BCUT2D eigenvalue weighted by Crippen LogP contribution is 2.32. The number of piperidine rings is 1. The molecule has 20 heavy (non-hydrogen) atoms. The zero-order valence-corrected chi connectivity index (χ0v) is 12.0. The summed E-state index contributed by atoms with van der Waals surface area (Å²) in [6.07, 6.45) is 6.31. The van der Waals surface area contributed by atoms with Gasteiger partial charge < -0.3 is 4.90 Å². The fourth-order valence-corrected chi connectivity index (χ4v) is 3.29. The summed E-state index contributed by atoms with van der Waals surface area (Å²) in [7, 11) is 0. The van der Waals surface area contributed by atoms with Gasteiger partial charge in [0.25, 0.3) is 0 Å². The second kappa shape index (κ2) is 5.80. The van der Waals surface area contributed by atoms with Crippen molar-refractivity contribution >= 4 is 12.0 Å². The third-order valence-corrected chi connectivity index (χ3v) is 4.43. The van der Waals surface area contributed by atoms with Gasteiger partial charge in [0.05, 0.1) is 0 Å². The second-order valence-electron chi connectivity index (χ2n) is 5.71. The quantitative estimate of drug-likeness (QED) is 0.839. The van der Waals surface area contributed by atoms with E-state index in [2.05, 4.69) is 41.3 Å². The van der Waals surface area contributed by atoms with E-state index in [9.17, 15) is 4.79 Å². The van der Waals surface area contributed by atoms with Crippen LogP contribution in [0.5, 0.6) is 0 Å². The Morgan fingerprint density at radius 1 is 1.25 bits per heavy atom. The molecule has 106 valence electrons. The number of benzene rings is 1. The van der Waals surface area contributed by atoms with Crippen LogP contribution in [0.1, 0.15) is 25.3 Å². The minimum Gasteiger partial charge on any atom is -0.340 e. The van der Waals surface area contributed by atoms with Crippen LogP contribution in [0, 0.1) is 0 Å². The summed E-state index contributed by atoms with van der Waals surface area (Å²) in [5.41, 5.74) is 1.25. The van der Waals surface area contributed by atoms with E-state index in [4.69, 9.17) is 0 Å².